The highest BCUT2D eigenvalue weighted by Gasteiger charge is 2.40. The molecule has 0 spiro atoms. The molecule has 4 rings (SSSR count). The largest absolute Gasteiger partial charge is 0.294 e. The zero-order valence-corrected chi connectivity index (χ0v) is 16.3. The third-order valence-corrected chi connectivity index (χ3v) is 5.94. The molecule has 2 aliphatic rings. The second-order valence-corrected chi connectivity index (χ2v) is 7.84. The molecule has 1 aliphatic carbocycles. The fourth-order valence-corrected chi connectivity index (χ4v) is 4.64. The molecule has 1 unspecified atom stereocenters. The molecule has 3 nitrogen and oxygen atoms in total. The van der Waals surface area contributed by atoms with E-state index >= 15 is 0 Å². The molecule has 1 amide bonds. The van der Waals surface area contributed by atoms with Crippen molar-refractivity contribution in [2.24, 2.45) is 0 Å². The summed E-state index contributed by atoms with van der Waals surface area (Å²) in [5, 5.41) is 0. The van der Waals surface area contributed by atoms with E-state index in [1.54, 1.807) is 4.90 Å². The van der Waals surface area contributed by atoms with Gasteiger partial charge in [-0.15, -0.1) is 0 Å². The summed E-state index contributed by atoms with van der Waals surface area (Å²) >= 11 is 3.60. The van der Waals surface area contributed by atoms with Crippen molar-refractivity contribution in [3.63, 3.8) is 0 Å². The van der Waals surface area contributed by atoms with Crippen molar-refractivity contribution in [1.29, 1.82) is 0 Å². The maximum Gasteiger partial charge on any atom is 0.232 e. The summed E-state index contributed by atoms with van der Waals surface area (Å²) in [5.74, 6) is 0.0730. The Morgan fingerprint density at radius 1 is 1.04 bits per heavy atom. The van der Waals surface area contributed by atoms with Crippen molar-refractivity contribution in [3.8, 4) is 0 Å². The summed E-state index contributed by atoms with van der Waals surface area (Å²) in [6, 6.07) is 15.8. The number of hydrogen-bond donors (Lipinski definition) is 0. The van der Waals surface area contributed by atoms with Crippen molar-refractivity contribution in [1.82, 2.24) is 0 Å². The Labute approximate surface area is 161 Å². The van der Waals surface area contributed by atoms with Gasteiger partial charge >= 0.3 is 0 Å². The van der Waals surface area contributed by atoms with E-state index < -0.39 is 0 Å². The fourth-order valence-electron chi connectivity index (χ4n) is 4.08. The molecular formula is C22H20BrNO2. The van der Waals surface area contributed by atoms with E-state index in [1.165, 1.54) is 0 Å². The normalized spacial score (nSPS) is 20.4. The van der Waals surface area contributed by atoms with Gasteiger partial charge in [0.05, 0.1) is 0 Å². The van der Waals surface area contributed by atoms with Gasteiger partial charge in [-0.1, -0.05) is 46.3 Å². The smallest absolute Gasteiger partial charge is 0.232 e. The number of Topliss-reactive ketones (excluding diaryl/α,β-unsaturated/α-hetero) is 1. The number of nitrogens with zero attached hydrogens (tertiary/aromatic N) is 1. The van der Waals surface area contributed by atoms with E-state index in [0.29, 0.717) is 12.8 Å². The Balaban J connectivity index is 1.89. The second-order valence-electron chi connectivity index (χ2n) is 6.98. The number of hydrogen-bond acceptors (Lipinski definition) is 2. The maximum absolute atomic E-state index is 13.1. The zero-order chi connectivity index (χ0) is 18.3. The zero-order valence-electron chi connectivity index (χ0n) is 14.7. The third kappa shape index (κ3) is 2.92. The minimum absolute atomic E-state index is 0.0600. The monoisotopic (exact) mass is 409 g/mol. The fraction of sp³-hybridized carbons (Fsp3) is 0.273. The lowest BCUT2D eigenvalue weighted by Crippen LogP contribution is -2.40. The number of rotatable bonds is 2. The van der Waals surface area contributed by atoms with Crippen LogP contribution in [0.15, 0.2) is 64.3 Å². The molecule has 0 bridgehead atoms. The molecule has 26 heavy (non-hydrogen) atoms. The van der Waals surface area contributed by atoms with Crippen LogP contribution in [0.1, 0.15) is 42.7 Å². The van der Waals surface area contributed by atoms with E-state index in [4.69, 9.17) is 0 Å². The van der Waals surface area contributed by atoms with Crippen LogP contribution in [0.25, 0.3) is 0 Å². The number of benzene rings is 2. The lowest BCUT2D eigenvalue weighted by molar-refractivity contribution is -0.119. The third-order valence-electron chi connectivity index (χ3n) is 5.22. The SMILES string of the molecule is Cc1cccc(N2C(=O)CC(c3ccccc3Br)C3=C2CCCC3=O)c1. The van der Waals surface area contributed by atoms with Gasteiger partial charge in [0.1, 0.15) is 0 Å². The van der Waals surface area contributed by atoms with Crippen molar-refractivity contribution >= 4 is 33.3 Å². The second kappa shape index (κ2) is 6.84. The molecule has 1 heterocycles. The van der Waals surface area contributed by atoms with Gasteiger partial charge in [0.15, 0.2) is 5.78 Å². The first-order valence-electron chi connectivity index (χ1n) is 8.96. The van der Waals surface area contributed by atoms with Gasteiger partial charge in [-0.2, -0.15) is 0 Å². The minimum Gasteiger partial charge on any atom is -0.294 e. The van der Waals surface area contributed by atoms with Crippen LogP contribution in [0.2, 0.25) is 0 Å². The highest BCUT2D eigenvalue weighted by molar-refractivity contribution is 9.10. The molecule has 0 saturated heterocycles. The van der Waals surface area contributed by atoms with Crippen LogP contribution in [0, 0.1) is 6.92 Å². The van der Waals surface area contributed by atoms with Crippen LogP contribution in [0.4, 0.5) is 5.69 Å². The van der Waals surface area contributed by atoms with Crippen LogP contribution in [0.5, 0.6) is 0 Å². The number of ketones is 1. The van der Waals surface area contributed by atoms with Crippen LogP contribution in [0.3, 0.4) is 0 Å². The highest BCUT2D eigenvalue weighted by Crippen LogP contribution is 2.44. The molecule has 0 radical (unpaired) electrons. The molecule has 1 atom stereocenters. The predicted octanol–water partition coefficient (Wildman–Crippen LogP) is 5.29. The molecular weight excluding hydrogens is 390 g/mol. The van der Waals surface area contributed by atoms with Crippen LogP contribution in [-0.2, 0) is 9.59 Å². The van der Waals surface area contributed by atoms with E-state index in [2.05, 4.69) is 15.9 Å². The quantitative estimate of drug-likeness (QED) is 0.675. The van der Waals surface area contributed by atoms with Gasteiger partial charge in [0.25, 0.3) is 0 Å². The molecule has 2 aromatic rings. The Morgan fingerprint density at radius 2 is 1.85 bits per heavy atom. The predicted molar refractivity (Wildman–Crippen MR) is 106 cm³/mol. The number of carbonyl (C=O) groups excluding carboxylic acids is 2. The van der Waals surface area contributed by atoms with Gasteiger partial charge in [0.2, 0.25) is 5.91 Å². The van der Waals surface area contributed by atoms with Gasteiger partial charge in [0, 0.05) is 40.2 Å². The van der Waals surface area contributed by atoms with E-state index in [9.17, 15) is 9.59 Å². The Morgan fingerprint density at radius 3 is 2.62 bits per heavy atom. The number of anilines is 1. The summed E-state index contributed by atoms with van der Waals surface area (Å²) in [7, 11) is 0. The average molecular weight is 410 g/mol. The molecule has 2 aromatic carbocycles. The van der Waals surface area contributed by atoms with Crippen molar-refractivity contribution < 1.29 is 9.59 Å². The Kier molecular flexibility index (Phi) is 4.53. The van der Waals surface area contributed by atoms with Crippen LogP contribution in [-0.4, -0.2) is 11.7 Å². The number of amides is 1. The topological polar surface area (TPSA) is 37.4 Å². The maximum atomic E-state index is 13.1. The van der Waals surface area contributed by atoms with Gasteiger partial charge in [-0.3, -0.25) is 14.5 Å². The summed E-state index contributed by atoms with van der Waals surface area (Å²) in [5.41, 5.74) is 4.70. The molecule has 0 N–H and O–H groups in total. The van der Waals surface area contributed by atoms with E-state index in [0.717, 1.165) is 45.4 Å². The molecule has 4 heteroatoms. The average Bonchev–Trinajstić information content (AvgIpc) is 2.61. The lowest BCUT2D eigenvalue weighted by Gasteiger charge is -2.38. The highest BCUT2D eigenvalue weighted by atomic mass is 79.9. The van der Waals surface area contributed by atoms with E-state index in [1.807, 2.05) is 55.5 Å². The van der Waals surface area contributed by atoms with Crippen LogP contribution < -0.4 is 4.90 Å². The minimum atomic E-state index is -0.165. The molecule has 132 valence electrons. The molecule has 1 aliphatic heterocycles. The first-order chi connectivity index (χ1) is 12.6. The van der Waals surface area contributed by atoms with E-state index in [-0.39, 0.29) is 17.6 Å². The summed E-state index contributed by atoms with van der Waals surface area (Å²) in [6.07, 6.45) is 2.45. The standard InChI is InChI=1S/C22H20BrNO2/c1-14-6-4-7-15(12-14)24-19-10-5-11-20(25)22(19)17(13-21(24)26)16-8-2-3-9-18(16)23/h2-4,6-9,12,17H,5,10-11,13H2,1H3. The Hall–Kier alpha value is -2.20. The van der Waals surface area contributed by atoms with Gasteiger partial charge < -0.3 is 0 Å². The number of allylic oxidation sites excluding steroid dienone is 2. The van der Waals surface area contributed by atoms with Crippen molar-refractivity contribution in [2.45, 2.75) is 38.5 Å². The van der Waals surface area contributed by atoms with Crippen molar-refractivity contribution in [2.75, 3.05) is 4.90 Å². The van der Waals surface area contributed by atoms with Gasteiger partial charge in [-0.05, 0) is 49.1 Å². The number of halogens is 1. The lowest BCUT2D eigenvalue weighted by atomic mass is 9.77. The van der Waals surface area contributed by atoms with Crippen molar-refractivity contribution in [3.05, 3.63) is 75.4 Å². The molecule has 0 fully saturated rings. The Bertz CT molecular complexity index is 931. The summed E-state index contributed by atoms with van der Waals surface area (Å²) in [6.45, 7) is 2.02. The van der Waals surface area contributed by atoms with Gasteiger partial charge in [-0.25, -0.2) is 0 Å². The number of aryl methyl sites for hydroxylation is 1. The molecule has 0 aromatic heterocycles. The summed E-state index contributed by atoms with van der Waals surface area (Å²) in [4.78, 5) is 27.8. The molecule has 0 saturated carbocycles. The first-order valence-corrected chi connectivity index (χ1v) is 9.76. The first kappa shape index (κ1) is 17.2. The number of carbonyl (C=O) groups is 2. The van der Waals surface area contributed by atoms with Crippen LogP contribution >= 0.6 is 15.9 Å². The summed E-state index contributed by atoms with van der Waals surface area (Å²) < 4.78 is 0.951.